The highest BCUT2D eigenvalue weighted by atomic mass is 35.5. The number of rotatable bonds is 7. The summed E-state index contributed by atoms with van der Waals surface area (Å²) in [6.45, 7) is 3.58. The molecule has 3 heterocycles. The Balaban J connectivity index is 1.44. The zero-order valence-electron chi connectivity index (χ0n) is 23.0. The van der Waals surface area contributed by atoms with E-state index < -0.39 is 41.9 Å². The van der Waals surface area contributed by atoms with E-state index in [9.17, 15) is 24.3 Å². The zero-order valence-corrected chi connectivity index (χ0v) is 23.8. The van der Waals surface area contributed by atoms with E-state index in [2.05, 4.69) is 10.3 Å². The largest absolute Gasteiger partial charge is 0.480 e. The summed E-state index contributed by atoms with van der Waals surface area (Å²) in [5, 5.41) is 13.8. The Kier molecular flexibility index (Phi) is 6.98. The number of H-pyrrole nitrogens is 1. The van der Waals surface area contributed by atoms with Gasteiger partial charge in [0.25, 0.3) is 11.8 Å². The molecule has 214 valence electrons. The second-order valence-corrected chi connectivity index (χ2v) is 11.2. The first-order chi connectivity index (χ1) is 20.2. The lowest BCUT2D eigenvalue weighted by molar-refractivity contribution is -0.140. The number of hydrogen-bond acceptors (Lipinski definition) is 4. The SMILES string of the molecule is CC[C@@H](C)[C@H](NC(=O)c1ccccc1N1C(=O)[C@@H]2Cc3c([nH]c4ccccc34)[C@H](c3cccc(Cl)c3)N2C1=O)C(=O)O. The number of amides is 4. The molecule has 1 saturated heterocycles. The van der Waals surface area contributed by atoms with Crippen molar-refractivity contribution in [1.82, 2.24) is 15.2 Å². The molecule has 0 spiro atoms. The number of fused-ring (bicyclic) bond motifs is 4. The molecule has 0 radical (unpaired) electrons. The molecule has 42 heavy (non-hydrogen) atoms. The van der Waals surface area contributed by atoms with Gasteiger partial charge in [0, 0.05) is 28.0 Å². The molecule has 2 aliphatic heterocycles. The predicted octanol–water partition coefficient (Wildman–Crippen LogP) is 5.53. The number of imide groups is 1. The fraction of sp³-hybridized carbons (Fsp3) is 0.250. The van der Waals surface area contributed by atoms with Gasteiger partial charge in [0.2, 0.25) is 0 Å². The van der Waals surface area contributed by atoms with E-state index in [1.165, 1.54) is 12.1 Å². The predicted molar refractivity (Wildman–Crippen MR) is 159 cm³/mol. The zero-order chi connectivity index (χ0) is 29.7. The lowest BCUT2D eigenvalue weighted by Crippen LogP contribution is -2.45. The van der Waals surface area contributed by atoms with Crippen LogP contribution in [0.15, 0.2) is 72.8 Å². The van der Waals surface area contributed by atoms with Crippen LogP contribution in [0.5, 0.6) is 0 Å². The fourth-order valence-corrected chi connectivity index (χ4v) is 6.28. The second-order valence-electron chi connectivity index (χ2n) is 10.8. The number of carboxylic acid groups (broad SMARTS) is 1. The maximum absolute atomic E-state index is 14.3. The van der Waals surface area contributed by atoms with Crippen molar-refractivity contribution < 1.29 is 24.3 Å². The van der Waals surface area contributed by atoms with Crippen molar-refractivity contribution in [2.24, 2.45) is 5.92 Å². The van der Waals surface area contributed by atoms with E-state index in [-0.39, 0.29) is 17.2 Å². The number of aromatic amines is 1. The summed E-state index contributed by atoms with van der Waals surface area (Å²) >= 11 is 6.38. The number of anilines is 1. The van der Waals surface area contributed by atoms with Crippen LogP contribution in [0.2, 0.25) is 5.02 Å². The van der Waals surface area contributed by atoms with Crippen molar-refractivity contribution in [1.29, 1.82) is 0 Å². The van der Waals surface area contributed by atoms with Crippen LogP contribution in [0, 0.1) is 5.92 Å². The molecule has 4 amide bonds. The first-order valence-corrected chi connectivity index (χ1v) is 14.2. The van der Waals surface area contributed by atoms with E-state index in [1.807, 2.05) is 37.3 Å². The molecule has 9 nitrogen and oxygen atoms in total. The third-order valence-corrected chi connectivity index (χ3v) is 8.60. The number of nitrogens with zero attached hydrogens (tertiary/aromatic N) is 2. The molecule has 0 saturated carbocycles. The van der Waals surface area contributed by atoms with Gasteiger partial charge in [-0.1, -0.05) is 74.3 Å². The van der Waals surface area contributed by atoms with Crippen LogP contribution in [0.25, 0.3) is 10.9 Å². The Hall–Kier alpha value is -4.63. The van der Waals surface area contributed by atoms with Crippen LogP contribution >= 0.6 is 11.6 Å². The first kappa shape index (κ1) is 27.5. The van der Waals surface area contributed by atoms with Crippen molar-refractivity contribution in [3.8, 4) is 0 Å². The molecule has 10 heteroatoms. The number of carbonyl (C=O) groups is 4. The maximum atomic E-state index is 14.3. The van der Waals surface area contributed by atoms with E-state index in [0.29, 0.717) is 17.9 Å². The van der Waals surface area contributed by atoms with Gasteiger partial charge in [-0.15, -0.1) is 0 Å². The second kappa shape index (κ2) is 10.6. The number of hydrogen-bond donors (Lipinski definition) is 3. The maximum Gasteiger partial charge on any atom is 0.332 e. The van der Waals surface area contributed by atoms with Gasteiger partial charge >= 0.3 is 12.0 Å². The fourth-order valence-electron chi connectivity index (χ4n) is 6.08. The van der Waals surface area contributed by atoms with Crippen molar-refractivity contribution in [2.75, 3.05) is 4.90 Å². The van der Waals surface area contributed by atoms with Gasteiger partial charge in [0.1, 0.15) is 18.1 Å². The van der Waals surface area contributed by atoms with Gasteiger partial charge < -0.3 is 15.4 Å². The number of carbonyl (C=O) groups excluding carboxylic acids is 3. The molecule has 1 fully saturated rings. The normalized spacial score (nSPS) is 19.4. The smallest absolute Gasteiger partial charge is 0.332 e. The van der Waals surface area contributed by atoms with Crippen molar-refractivity contribution >= 4 is 52.0 Å². The van der Waals surface area contributed by atoms with Crippen LogP contribution in [-0.2, 0) is 16.0 Å². The van der Waals surface area contributed by atoms with Crippen LogP contribution in [0.1, 0.15) is 53.5 Å². The number of aliphatic carboxylic acids is 1. The Morgan fingerprint density at radius 3 is 2.55 bits per heavy atom. The van der Waals surface area contributed by atoms with Crippen molar-refractivity contribution in [3.05, 3.63) is 100 Å². The van der Waals surface area contributed by atoms with Gasteiger partial charge in [0.15, 0.2) is 0 Å². The average Bonchev–Trinajstić information content (AvgIpc) is 3.48. The van der Waals surface area contributed by atoms with E-state index in [0.717, 1.165) is 32.6 Å². The van der Waals surface area contributed by atoms with E-state index in [4.69, 9.17) is 11.6 Å². The molecule has 6 rings (SSSR count). The highest BCUT2D eigenvalue weighted by Crippen LogP contribution is 2.45. The number of benzene rings is 3. The number of carboxylic acids is 1. The molecule has 0 unspecified atom stereocenters. The first-order valence-electron chi connectivity index (χ1n) is 13.8. The van der Waals surface area contributed by atoms with Gasteiger partial charge in [-0.3, -0.25) is 14.5 Å². The molecule has 0 aliphatic carbocycles. The Morgan fingerprint density at radius 2 is 1.81 bits per heavy atom. The van der Waals surface area contributed by atoms with Crippen LogP contribution < -0.4 is 10.2 Å². The van der Waals surface area contributed by atoms with Gasteiger partial charge in [-0.05, 0) is 47.4 Å². The van der Waals surface area contributed by atoms with Crippen LogP contribution in [0.4, 0.5) is 10.5 Å². The minimum atomic E-state index is -1.15. The number of halogens is 1. The summed E-state index contributed by atoms with van der Waals surface area (Å²) in [6.07, 6.45) is 0.833. The van der Waals surface area contributed by atoms with Gasteiger partial charge in [-0.25, -0.2) is 14.5 Å². The molecule has 3 aromatic carbocycles. The van der Waals surface area contributed by atoms with Crippen molar-refractivity contribution in [3.63, 3.8) is 0 Å². The molecule has 3 N–H and O–H groups in total. The third kappa shape index (κ3) is 4.41. The van der Waals surface area contributed by atoms with E-state index in [1.54, 1.807) is 42.2 Å². The molecule has 1 aromatic heterocycles. The minimum Gasteiger partial charge on any atom is -0.480 e. The molecule has 0 bridgehead atoms. The number of urea groups is 1. The Morgan fingerprint density at radius 1 is 1.07 bits per heavy atom. The summed E-state index contributed by atoms with van der Waals surface area (Å²) in [5.41, 5.74) is 3.55. The Bertz CT molecular complexity index is 1750. The van der Waals surface area contributed by atoms with Crippen LogP contribution in [-0.4, -0.2) is 50.9 Å². The van der Waals surface area contributed by atoms with Gasteiger partial charge in [-0.2, -0.15) is 0 Å². The Labute approximate surface area is 247 Å². The summed E-state index contributed by atoms with van der Waals surface area (Å²) in [7, 11) is 0. The average molecular weight is 585 g/mol. The van der Waals surface area contributed by atoms with Gasteiger partial charge in [0.05, 0.1) is 11.3 Å². The third-order valence-electron chi connectivity index (χ3n) is 8.37. The summed E-state index contributed by atoms with van der Waals surface area (Å²) in [4.78, 5) is 59.8. The van der Waals surface area contributed by atoms with Crippen molar-refractivity contribution in [2.45, 2.75) is 44.8 Å². The lowest BCUT2D eigenvalue weighted by Gasteiger charge is -2.36. The minimum absolute atomic E-state index is 0.0388. The van der Waals surface area contributed by atoms with E-state index >= 15 is 0 Å². The molecule has 4 atom stereocenters. The monoisotopic (exact) mass is 584 g/mol. The summed E-state index contributed by atoms with van der Waals surface area (Å²) in [5.74, 6) is -2.62. The highest BCUT2D eigenvalue weighted by molar-refractivity contribution is 6.30. The topological polar surface area (TPSA) is 123 Å². The molecule has 2 aliphatic rings. The molecular weight excluding hydrogens is 556 g/mol. The quantitative estimate of drug-likeness (QED) is 0.246. The summed E-state index contributed by atoms with van der Waals surface area (Å²) in [6, 6.07) is 18.1. The lowest BCUT2D eigenvalue weighted by atomic mass is 9.89. The standard InChI is InChI=1S/C32H29ClN4O5/c1-3-17(2)26(31(40)41)35-29(38)21-12-5-7-14-24(21)37-30(39)25-16-22-20-11-4-6-13-23(20)34-27(22)28(36(25)32(37)42)18-9-8-10-19(33)15-18/h4-15,17,25-26,28,34H,3,16H2,1-2H3,(H,35,38)(H,40,41)/t17-,25+,26+,28+/m1/s1. The number of aromatic nitrogens is 1. The molecular formula is C32H29ClN4O5. The molecule has 4 aromatic rings. The number of para-hydroxylation sites is 2. The summed E-state index contributed by atoms with van der Waals surface area (Å²) < 4.78 is 0. The van der Waals surface area contributed by atoms with Crippen LogP contribution in [0.3, 0.4) is 0 Å². The number of nitrogens with one attached hydrogen (secondary N) is 2. The highest BCUT2D eigenvalue weighted by Gasteiger charge is 2.53.